The first-order chi connectivity index (χ1) is 19.2. The summed E-state index contributed by atoms with van der Waals surface area (Å²) in [5, 5.41) is 28.4. The Bertz CT molecular complexity index is 1340. The van der Waals surface area contributed by atoms with Crippen molar-refractivity contribution < 1.29 is 33.6 Å². The van der Waals surface area contributed by atoms with Gasteiger partial charge in [-0.2, -0.15) is 10.4 Å². The number of halogens is 2. The molecular weight excluding hydrogens is 654 g/mol. The van der Waals surface area contributed by atoms with Crippen molar-refractivity contribution in [2.45, 2.75) is 26.1 Å². The topological polar surface area (TPSA) is 164 Å². The van der Waals surface area contributed by atoms with Crippen molar-refractivity contribution in [2.24, 2.45) is 5.10 Å². The van der Waals surface area contributed by atoms with Gasteiger partial charge in [0.05, 0.1) is 40.5 Å². The molecule has 0 saturated carbocycles. The molecule has 1 aliphatic heterocycles. The van der Waals surface area contributed by atoms with Crippen LogP contribution >= 0.6 is 31.9 Å². The molecule has 212 valence electrons. The number of benzene rings is 2. The summed E-state index contributed by atoms with van der Waals surface area (Å²) in [5.41, 5.74) is 4.50. The zero-order valence-electron chi connectivity index (χ0n) is 21.8. The number of aliphatic hydroxyl groups excluding tert-OH is 1. The van der Waals surface area contributed by atoms with Gasteiger partial charge in [0.2, 0.25) is 0 Å². The summed E-state index contributed by atoms with van der Waals surface area (Å²) in [4.78, 5) is 24.5. The highest BCUT2D eigenvalue weighted by molar-refractivity contribution is 9.11. The lowest BCUT2D eigenvalue weighted by atomic mass is 9.95. The molecule has 2 amide bonds. The highest BCUT2D eigenvalue weighted by Gasteiger charge is 2.32. The monoisotopic (exact) mass is 679 g/mol. The zero-order chi connectivity index (χ0) is 29.2. The van der Waals surface area contributed by atoms with Gasteiger partial charge in [-0.25, -0.2) is 9.59 Å². The van der Waals surface area contributed by atoms with Crippen LogP contribution in [0.2, 0.25) is 0 Å². The molecule has 1 aliphatic rings. The Morgan fingerprint density at radius 2 is 1.95 bits per heavy atom. The maximum atomic E-state index is 12.4. The van der Waals surface area contributed by atoms with Crippen molar-refractivity contribution in [3.05, 3.63) is 61.7 Å². The average molecular weight is 681 g/mol. The van der Waals surface area contributed by atoms with Gasteiger partial charge in [0.25, 0.3) is 0 Å². The van der Waals surface area contributed by atoms with Gasteiger partial charge in [-0.1, -0.05) is 6.07 Å². The minimum atomic E-state index is -1.16. The van der Waals surface area contributed by atoms with E-state index < -0.39 is 24.3 Å². The largest absolute Gasteiger partial charge is 0.490 e. The van der Waals surface area contributed by atoms with Crippen LogP contribution in [-0.2, 0) is 9.53 Å². The quantitative estimate of drug-likeness (QED) is 0.113. The molecule has 0 unspecified atom stereocenters. The van der Waals surface area contributed by atoms with Gasteiger partial charge in [0.15, 0.2) is 24.3 Å². The van der Waals surface area contributed by atoms with Gasteiger partial charge in [0, 0.05) is 5.70 Å². The van der Waals surface area contributed by atoms with Crippen molar-refractivity contribution in [1.29, 1.82) is 5.26 Å². The van der Waals surface area contributed by atoms with E-state index in [1.54, 1.807) is 44.2 Å². The molecule has 2 aromatic rings. The third kappa shape index (κ3) is 7.87. The fourth-order valence-corrected chi connectivity index (χ4v) is 5.17. The number of carbonyl (C=O) groups excluding carboxylic acids is 2. The number of hydrogen-bond donors (Lipinski definition) is 4. The van der Waals surface area contributed by atoms with Crippen molar-refractivity contribution >= 4 is 50.1 Å². The number of rotatable bonds is 12. The number of urea groups is 1. The van der Waals surface area contributed by atoms with Crippen LogP contribution in [0.15, 0.2) is 55.6 Å². The smallest absolute Gasteiger partial charge is 0.337 e. The van der Waals surface area contributed by atoms with E-state index >= 15 is 0 Å². The normalized spacial score (nSPS) is 15.5. The van der Waals surface area contributed by atoms with Gasteiger partial charge in [-0.3, -0.25) is 5.43 Å². The molecule has 1 heterocycles. The van der Waals surface area contributed by atoms with Crippen LogP contribution in [0.4, 0.5) is 4.79 Å². The number of carbonyl (C=O) groups is 2. The average Bonchev–Trinajstić information content (AvgIpc) is 2.91. The van der Waals surface area contributed by atoms with Gasteiger partial charge in [-0.15, -0.1) is 0 Å². The standard InChI is InChI=1S/C26H27Br2N5O7/c1-4-38-20-11-16(23-22(25(35)37-3)14(2)31-26(36)32-23)5-6-19(20)40-13-21(34)33-30-12-15-9-17(27)24(18(28)10-15)39-8-7-29/h5-6,9-12,21,23,33-34H,4,8,13H2,1-3H3,(H2,31,32,36)/b30-12-/t21-,23-/m1/s1. The molecule has 0 radical (unpaired) electrons. The summed E-state index contributed by atoms with van der Waals surface area (Å²) in [5.74, 6) is 0.619. The molecule has 0 saturated heterocycles. The Hall–Kier alpha value is -3.80. The highest BCUT2D eigenvalue weighted by atomic mass is 79.9. The van der Waals surface area contributed by atoms with Crippen LogP contribution in [0.1, 0.15) is 31.0 Å². The Balaban J connectivity index is 1.68. The molecule has 0 fully saturated rings. The maximum absolute atomic E-state index is 12.4. The second-order valence-corrected chi connectivity index (χ2v) is 9.88. The predicted octanol–water partition coefficient (Wildman–Crippen LogP) is 3.63. The SMILES string of the molecule is CCOc1cc([C@H]2NC(=O)NC(C)=C2C(=O)OC)ccc1OC[C@@H](O)N/N=C\c1cc(Br)c(OCC#N)c(Br)c1. The van der Waals surface area contributed by atoms with Crippen molar-refractivity contribution in [3.63, 3.8) is 0 Å². The lowest BCUT2D eigenvalue weighted by molar-refractivity contribution is -0.136. The molecular formula is C26H27Br2N5O7. The van der Waals surface area contributed by atoms with E-state index in [1.165, 1.54) is 13.3 Å². The van der Waals surface area contributed by atoms with Gasteiger partial charge < -0.3 is 34.7 Å². The molecule has 14 heteroatoms. The minimum absolute atomic E-state index is 0.0913. The number of nitrogens with one attached hydrogen (secondary N) is 3. The Morgan fingerprint density at radius 1 is 1.23 bits per heavy atom. The van der Waals surface area contributed by atoms with Crippen LogP contribution in [0, 0.1) is 11.3 Å². The van der Waals surface area contributed by atoms with Crippen LogP contribution in [0.5, 0.6) is 17.2 Å². The second kappa shape index (κ2) is 14.5. The van der Waals surface area contributed by atoms with E-state index in [4.69, 9.17) is 24.2 Å². The van der Waals surface area contributed by atoms with E-state index in [0.717, 1.165) is 0 Å². The fourth-order valence-electron chi connectivity index (χ4n) is 3.72. The fraction of sp³-hybridized carbons (Fsp3) is 0.308. The van der Waals surface area contributed by atoms with E-state index in [1.807, 2.05) is 6.07 Å². The summed E-state index contributed by atoms with van der Waals surface area (Å²) in [6, 6.07) is 9.15. The molecule has 2 atom stereocenters. The van der Waals surface area contributed by atoms with Gasteiger partial charge in [-0.05, 0) is 81.1 Å². The zero-order valence-corrected chi connectivity index (χ0v) is 25.0. The second-order valence-electron chi connectivity index (χ2n) is 8.18. The number of aliphatic hydroxyl groups is 1. The van der Waals surface area contributed by atoms with Crippen LogP contribution in [-0.4, -0.2) is 56.5 Å². The number of allylic oxidation sites excluding steroid dienone is 1. The summed E-state index contributed by atoms with van der Waals surface area (Å²) >= 11 is 6.79. The molecule has 0 bridgehead atoms. The first-order valence-electron chi connectivity index (χ1n) is 11.9. The molecule has 12 nitrogen and oxygen atoms in total. The molecule has 0 spiro atoms. The molecule has 4 N–H and O–H groups in total. The lowest BCUT2D eigenvalue weighted by Gasteiger charge is -2.28. The van der Waals surface area contributed by atoms with Crippen molar-refractivity contribution in [1.82, 2.24) is 16.1 Å². The molecule has 40 heavy (non-hydrogen) atoms. The van der Waals surface area contributed by atoms with Gasteiger partial charge >= 0.3 is 12.0 Å². The molecule has 0 aliphatic carbocycles. The number of hydrazone groups is 1. The lowest BCUT2D eigenvalue weighted by Crippen LogP contribution is -2.45. The van der Waals surface area contributed by atoms with Crippen LogP contribution in [0.3, 0.4) is 0 Å². The molecule has 0 aromatic heterocycles. The number of methoxy groups -OCH3 is 1. The van der Waals surface area contributed by atoms with E-state index in [9.17, 15) is 14.7 Å². The summed E-state index contributed by atoms with van der Waals surface area (Å²) in [6.07, 6.45) is 0.338. The number of hydrogen-bond acceptors (Lipinski definition) is 10. The number of esters is 1. The minimum Gasteiger partial charge on any atom is -0.490 e. The summed E-state index contributed by atoms with van der Waals surface area (Å²) in [7, 11) is 1.27. The first kappa shape index (κ1) is 30.7. The van der Waals surface area contributed by atoms with Crippen LogP contribution in [0.25, 0.3) is 0 Å². The third-order valence-corrected chi connectivity index (χ3v) is 6.59. The van der Waals surface area contributed by atoms with E-state index in [2.05, 4.69) is 53.0 Å². The maximum Gasteiger partial charge on any atom is 0.337 e. The molecule has 2 aromatic carbocycles. The highest BCUT2D eigenvalue weighted by Crippen LogP contribution is 2.35. The third-order valence-electron chi connectivity index (χ3n) is 5.41. The van der Waals surface area contributed by atoms with Crippen molar-refractivity contribution in [2.75, 3.05) is 26.9 Å². The number of nitriles is 1. The number of nitrogens with zero attached hydrogens (tertiary/aromatic N) is 2. The molecule has 3 rings (SSSR count). The Labute approximate surface area is 247 Å². The Morgan fingerprint density at radius 3 is 2.60 bits per heavy atom. The van der Waals surface area contributed by atoms with Gasteiger partial charge in [0.1, 0.15) is 18.4 Å². The number of amides is 2. The van der Waals surface area contributed by atoms with E-state index in [0.29, 0.717) is 49.6 Å². The van der Waals surface area contributed by atoms with Crippen molar-refractivity contribution in [3.8, 4) is 23.3 Å². The Kier molecular flexibility index (Phi) is 11.2. The van der Waals surface area contributed by atoms with Crippen LogP contribution < -0.4 is 30.3 Å². The summed E-state index contributed by atoms with van der Waals surface area (Å²) in [6.45, 7) is 3.49. The number of ether oxygens (including phenoxy) is 4. The van der Waals surface area contributed by atoms with E-state index in [-0.39, 0.29) is 18.8 Å². The first-order valence-corrected chi connectivity index (χ1v) is 13.5. The predicted molar refractivity (Wildman–Crippen MR) is 152 cm³/mol. The summed E-state index contributed by atoms with van der Waals surface area (Å²) < 4.78 is 23.0.